The highest BCUT2D eigenvalue weighted by Crippen LogP contribution is 2.19. The van der Waals surface area contributed by atoms with E-state index in [0.717, 1.165) is 0 Å². The third-order valence-corrected chi connectivity index (χ3v) is 3.06. The molecule has 88 valence electrons. The monoisotopic (exact) mass is 292 g/mol. The van der Waals surface area contributed by atoms with Crippen LogP contribution in [-0.2, 0) is 0 Å². The van der Waals surface area contributed by atoms with Gasteiger partial charge in [0.25, 0.3) is 0 Å². The van der Waals surface area contributed by atoms with Gasteiger partial charge in [-0.3, -0.25) is 4.79 Å². The Morgan fingerprint density at radius 1 is 1.12 bits per heavy atom. The molecular formula is C14H13BrO2. The fourth-order valence-electron chi connectivity index (χ4n) is 1.60. The maximum atomic E-state index is 12.0. The lowest BCUT2D eigenvalue weighted by molar-refractivity contribution is 0.101. The summed E-state index contributed by atoms with van der Waals surface area (Å²) in [7, 11) is 0. The van der Waals surface area contributed by atoms with Gasteiger partial charge in [-0.05, 0) is 39.5 Å². The molecule has 0 spiro atoms. The highest BCUT2D eigenvalue weighted by atomic mass is 79.9. The number of halogens is 1. The van der Waals surface area contributed by atoms with Crippen LogP contribution < -0.4 is 0 Å². The Morgan fingerprint density at radius 3 is 2.24 bits per heavy atom. The topological polar surface area (TPSA) is 30.2 Å². The normalized spacial score (nSPS) is 10.8. The minimum Gasteiger partial charge on any atom is -0.446 e. The summed E-state index contributed by atoms with van der Waals surface area (Å²) in [5, 5.41) is 0. The van der Waals surface area contributed by atoms with Crippen LogP contribution in [-0.4, -0.2) is 5.78 Å². The van der Waals surface area contributed by atoms with E-state index < -0.39 is 0 Å². The van der Waals surface area contributed by atoms with Crippen LogP contribution in [0.3, 0.4) is 0 Å². The Balaban J connectivity index is 2.26. The molecule has 0 unspecified atom stereocenters. The van der Waals surface area contributed by atoms with Crippen molar-refractivity contribution < 1.29 is 9.21 Å². The van der Waals surface area contributed by atoms with Crippen molar-refractivity contribution >= 4 is 21.7 Å². The van der Waals surface area contributed by atoms with Crippen LogP contribution >= 0.6 is 15.9 Å². The molecule has 0 N–H and O–H groups in total. The van der Waals surface area contributed by atoms with Crippen LogP contribution in [0.5, 0.6) is 0 Å². The van der Waals surface area contributed by atoms with Crippen LogP contribution in [0.1, 0.15) is 41.4 Å². The molecule has 1 heterocycles. The quantitative estimate of drug-likeness (QED) is 0.785. The van der Waals surface area contributed by atoms with E-state index in [1.165, 1.54) is 5.56 Å². The Morgan fingerprint density at radius 2 is 1.76 bits per heavy atom. The van der Waals surface area contributed by atoms with Crippen LogP contribution in [0.2, 0.25) is 0 Å². The zero-order valence-corrected chi connectivity index (χ0v) is 11.3. The van der Waals surface area contributed by atoms with Crippen LogP contribution in [0, 0.1) is 0 Å². The molecule has 0 radical (unpaired) electrons. The summed E-state index contributed by atoms with van der Waals surface area (Å²) in [6, 6.07) is 11.0. The van der Waals surface area contributed by atoms with Gasteiger partial charge in [-0.2, -0.15) is 0 Å². The van der Waals surface area contributed by atoms with Crippen molar-refractivity contribution in [1.29, 1.82) is 0 Å². The fourth-order valence-corrected chi connectivity index (χ4v) is 1.90. The molecule has 0 aliphatic carbocycles. The van der Waals surface area contributed by atoms with E-state index in [1.807, 2.05) is 24.3 Å². The van der Waals surface area contributed by atoms with Crippen molar-refractivity contribution in [1.82, 2.24) is 0 Å². The molecule has 0 bridgehead atoms. The number of carbonyl (C=O) groups is 1. The minimum atomic E-state index is -0.0917. The molecule has 3 heteroatoms. The fraction of sp³-hybridized carbons (Fsp3) is 0.214. The average molecular weight is 293 g/mol. The molecule has 2 nitrogen and oxygen atoms in total. The first-order valence-electron chi connectivity index (χ1n) is 5.48. The first-order chi connectivity index (χ1) is 8.08. The summed E-state index contributed by atoms with van der Waals surface area (Å²) in [5.41, 5.74) is 1.87. The van der Waals surface area contributed by atoms with Gasteiger partial charge in [0.05, 0.1) is 0 Å². The minimum absolute atomic E-state index is 0.0917. The zero-order chi connectivity index (χ0) is 12.4. The van der Waals surface area contributed by atoms with Gasteiger partial charge in [0, 0.05) is 5.56 Å². The highest BCUT2D eigenvalue weighted by Gasteiger charge is 2.13. The molecule has 1 aromatic carbocycles. The summed E-state index contributed by atoms with van der Waals surface area (Å²) in [6.07, 6.45) is 0. The smallest absolute Gasteiger partial charge is 0.228 e. The predicted molar refractivity (Wildman–Crippen MR) is 70.4 cm³/mol. The van der Waals surface area contributed by atoms with E-state index in [4.69, 9.17) is 4.42 Å². The van der Waals surface area contributed by atoms with Crippen LogP contribution in [0.15, 0.2) is 45.5 Å². The second-order valence-electron chi connectivity index (χ2n) is 4.21. The van der Waals surface area contributed by atoms with Gasteiger partial charge < -0.3 is 4.42 Å². The average Bonchev–Trinajstić information content (AvgIpc) is 2.75. The van der Waals surface area contributed by atoms with Gasteiger partial charge in [0.1, 0.15) is 0 Å². The lowest BCUT2D eigenvalue weighted by atomic mass is 10.00. The zero-order valence-electron chi connectivity index (χ0n) is 9.74. The Hall–Kier alpha value is -1.35. The largest absolute Gasteiger partial charge is 0.446 e. The number of carbonyl (C=O) groups excluding carboxylic acids is 1. The lowest BCUT2D eigenvalue weighted by Gasteiger charge is -2.05. The van der Waals surface area contributed by atoms with E-state index in [0.29, 0.717) is 21.9 Å². The summed E-state index contributed by atoms with van der Waals surface area (Å²) in [6.45, 7) is 4.25. The summed E-state index contributed by atoms with van der Waals surface area (Å²) in [5.74, 6) is 0.733. The molecule has 2 aromatic rings. The Labute approximate surface area is 109 Å². The van der Waals surface area contributed by atoms with E-state index >= 15 is 0 Å². The summed E-state index contributed by atoms with van der Waals surface area (Å²) >= 11 is 3.18. The molecule has 2 rings (SSSR count). The third-order valence-electron chi connectivity index (χ3n) is 2.64. The molecule has 1 aromatic heterocycles. The molecule has 0 saturated heterocycles. The molecule has 0 fully saturated rings. The van der Waals surface area contributed by atoms with Crippen LogP contribution in [0.4, 0.5) is 0 Å². The molecule has 0 aliphatic rings. The molecule has 0 saturated carbocycles. The molecular weight excluding hydrogens is 280 g/mol. The number of hydrogen-bond donors (Lipinski definition) is 0. The van der Waals surface area contributed by atoms with Gasteiger partial charge in [0.2, 0.25) is 5.78 Å². The van der Waals surface area contributed by atoms with Gasteiger partial charge in [-0.1, -0.05) is 38.1 Å². The molecule has 0 atom stereocenters. The number of furan rings is 1. The number of rotatable bonds is 3. The Bertz CT molecular complexity index is 523. The van der Waals surface area contributed by atoms with Crippen molar-refractivity contribution in [3.63, 3.8) is 0 Å². The van der Waals surface area contributed by atoms with Gasteiger partial charge >= 0.3 is 0 Å². The maximum absolute atomic E-state index is 12.0. The second kappa shape index (κ2) is 4.88. The van der Waals surface area contributed by atoms with Crippen molar-refractivity contribution in [2.75, 3.05) is 0 Å². The molecule has 0 aliphatic heterocycles. The number of hydrogen-bond acceptors (Lipinski definition) is 2. The van der Waals surface area contributed by atoms with Crippen molar-refractivity contribution in [2.24, 2.45) is 0 Å². The van der Waals surface area contributed by atoms with Crippen molar-refractivity contribution in [3.05, 3.63) is 58.0 Å². The van der Waals surface area contributed by atoms with Crippen LogP contribution in [0.25, 0.3) is 0 Å². The third kappa shape index (κ3) is 2.67. The van der Waals surface area contributed by atoms with Crippen molar-refractivity contribution in [2.45, 2.75) is 19.8 Å². The number of benzene rings is 1. The van der Waals surface area contributed by atoms with Crippen molar-refractivity contribution in [3.8, 4) is 0 Å². The van der Waals surface area contributed by atoms with E-state index in [2.05, 4.69) is 29.8 Å². The SMILES string of the molecule is CC(C)c1ccc(C(=O)c2ccc(Br)o2)cc1. The van der Waals surface area contributed by atoms with E-state index in [9.17, 15) is 4.79 Å². The lowest BCUT2D eigenvalue weighted by Crippen LogP contribution is -1.99. The van der Waals surface area contributed by atoms with E-state index in [-0.39, 0.29) is 5.78 Å². The first kappa shape index (κ1) is 12.1. The standard InChI is InChI=1S/C14H13BrO2/c1-9(2)10-3-5-11(6-4-10)14(16)12-7-8-13(15)17-12/h3-9H,1-2H3. The summed E-state index contributed by atoms with van der Waals surface area (Å²) in [4.78, 5) is 12.0. The maximum Gasteiger partial charge on any atom is 0.228 e. The summed E-state index contributed by atoms with van der Waals surface area (Å²) < 4.78 is 5.81. The van der Waals surface area contributed by atoms with E-state index in [1.54, 1.807) is 12.1 Å². The highest BCUT2D eigenvalue weighted by molar-refractivity contribution is 9.10. The first-order valence-corrected chi connectivity index (χ1v) is 6.27. The van der Waals surface area contributed by atoms with Gasteiger partial charge in [-0.15, -0.1) is 0 Å². The molecule has 0 amide bonds. The van der Waals surface area contributed by atoms with Gasteiger partial charge in [-0.25, -0.2) is 0 Å². The second-order valence-corrected chi connectivity index (χ2v) is 4.99. The number of ketones is 1. The van der Waals surface area contributed by atoms with Gasteiger partial charge in [0.15, 0.2) is 10.4 Å². The Kier molecular flexibility index (Phi) is 3.48. The molecule has 17 heavy (non-hydrogen) atoms. The predicted octanol–water partition coefficient (Wildman–Crippen LogP) is 4.40.